The second kappa shape index (κ2) is 5.75. The van der Waals surface area contributed by atoms with Gasteiger partial charge in [-0.05, 0) is 43.5 Å². The number of sulfone groups is 1. The summed E-state index contributed by atoms with van der Waals surface area (Å²) in [5, 5.41) is 8.13. The highest BCUT2D eigenvalue weighted by Gasteiger charge is 2.32. The fourth-order valence-corrected chi connectivity index (χ4v) is 5.57. The van der Waals surface area contributed by atoms with E-state index in [1.165, 1.54) is 18.2 Å². The molecule has 0 aliphatic carbocycles. The molecule has 1 unspecified atom stereocenters. The van der Waals surface area contributed by atoms with Crippen LogP contribution in [0.4, 0.5) is 0 Å². The van der Waals surface area contributed by atoms with Gasteiger partial charge in [0.2, 0.25) is 10.0 Å². The van der Waals surface area contributed by atoms with Crippen molar-refractivity contribution < 1.29 is 16.8 Å². The van der Waals surface area contributed by atoms with Crippen molar-refractivity contribution in [3.63, 3.8) is 0 Å². The molecule has 0 amide bonds. The van der Waals surface area contributed by atoms with Gasteiger partial charge in [-0.2, -0.15) is 5.26 Å². The molecule has 1 aromatic rings. The topological polar surface area (TPSA) is 104 Å². The first kappa shape index (κ1) is 15.9. The Morgan fingerprint density at radius 3 is 2.67 bits per heavy atom. The van der Waals surface area contributed by atoms with E-state index in [-0.39, 0.29) is 17.2 Å². The molecule has 0 bridgehead atoms. The van der Waals surface area contributed by atoms with Gasteiger partial charge in [0.1, 0.15) is 0 Å². The molecule has 6 nitrogen and oxygen atoms in total. The number of sulfonamides is 1. The highest BCUT2D eigenvalue weighted by atomic mass is 32.2. The zero-order valence-corrected chi connectivity index (χ0v) is 13.2. The zero-order valence-electron chi connectivity index (χ0n) is 11.5. The number of benzene rings is 1. The third kappa shape index (κ3) is 3.43. The minimum Gasteiger partial charge on any atom is -0.229 e. The molecule has 114 valence electrons. The number of nitriles is 1. The third-order valence-corrected chi connectivity index (χ3v) is 7.42. The fraction of sp³-hybridized carbons (Fsp3) is 0.462. The van der Waals surface area contributed by atoms with Crippen molar-refractivity contribution in [3.8, 4) is 6.07 Å². The Labute approximate surface area is 124 Å². The number of aryl methyl sites for hydroxylation is 1. The largest absolute Gasteiger partial charge is 0.240 e. The van der Waals surface area contributed by atoms with Gasteiger partial charge in [-0.1, -0.05) is 0 Å². The second-order valence-electron chi connectivity index (χ2n) is 5.08. The summed E-state index contributed by atoms with van der Waals surface area (Å²) in [5.74, 6) is 0.120. The molecule has 0 aromatic heterocycles. The van der Waals surface area contributed by atoms with E-state index in [2.05, 4.69) is 4.72 Å². The van der Waals surface area contributed by atoms with Crippen molar-refractivity contribution in [2.75, 3.05) is 12.3 Å². The molecule has 2 rings (SSSR count). The van der Waals surface area contributed by atoms with Gasteiger partial charge >= 0.3 is 0 Å². The maximum absolute atomic E-state index is 12.2. The molecule has 1 saturated heterocycles. The molecule has 0 saturated carbocycles. The third-order valence-electron chi connectivity index (χ3n) is 3.56. The van der Waals surface area contributed by atoms with Crippen molar-refractivity contribution in [2.45, 2.75) is 29.9 Å². The lowest BCUT2D eigenvalue weighted by atomic mass is 10.2. The molecule has 8 heteroatoms. The zero-order chi connectivity index (χ0) is 15.7. The van der Waals surface area contributed by atoms with Crippen LogP contribution in [0.5, 0.6) is 0 Å². The smallest absolute Gasteiger partial charge is 0.229 e. The lowest BCUT2D eigenvalue weighted by molar-refractivity contribution is 0.570. The van der Waals surface area contributed by atoms with Crippen LogP contribution in [0.3, 0.4) is 0 Å². The fourth-order valence-electron chi connectivity index (χ4n) is 2.39. The molecule has 1 aliphatic rings. The highest BCUT2D eigenvalue weighted by molar-refractivity contribution is 7.92. The summed E-state index contributed by atoms with van der Waals surface area (Å²) < 4.78 is 50.2. The van der Waals surface area contributed by atoms with Crippen molar-refractivity contribution in [2.24, 2.45) is 0 Å². The predicted molar refractivity (Wildman–Crippen MR) is 77.9 cm³/mol. The van der Waals surface area contributed by atoms with Crippen molar-refractivity contribution >= 4 is 19.9 Å². The Balaban J connectivity index is 2.18. The van der Waals surface area contributed by atoms with Crippen LogP contribution >= 0.6 is 0 Å². The van der Waals surface area contributed by atoms with Gasteiger partial charge in [0.05, 0.1) is 27.5 Å². The van der Waals surface area contributed by atoms with Crippen LogP contribution in [0.1, 0.15) is 24.0 Å². The summed E-state index contributed by atoms with van der Waals surface area (Å²) in [5.41, 5.74) is 0.834. The van der Waals surface area contributed by atoms with Gasteiger partial charge in [0.25, 0.3) is 0 Å². The molecule has 0 spiro atoms. The maximum Gasteiger partial charge on any atom is 0.240 e. The molecule has 1 aromatic carbocycles. The Kier molecular flexibility index (Phi) is 4.37. The molecule has 1 aliphatic heterocycles. The Bertz CT molecular complexity index is 792. The number of hydrogen-bond acceptors (Lipinski definition) is 5. The van der Waals surface area contributed by atoms with E-state index in [1.54, 1.807) is 6.92 Å². The molecule has 21 heavy (non-hydrogen) atoms. The average molecular weight is 328 g/mol. The van der Waals surface area contributed by atoms with Crippen LogP contribution in [0.2, 0.25) is 0 Å². The molecular weight excluding hydrogens is 312 g/mol. The Morgan fingerprint density at radius 1 is 1.43 bits per heavy atom. The minimum atomic E-state index is -3.78. The molecule has 1 N–H and O–H groups in total. The SMILES string of the molecule is Cc1cc(C#N)ccc1S(=O)(=O)NCC1CCCS1(=O)=O. The summed E-state index contributed by atoms with van der Waals surface area (Å²) in [4.78, 5) is 0.0666. The van der Waals surface area contributed by atoms with Crippen molar-refractivity contribution in [1.82, 2.24) is 4.72 Å². The lowest BCUT2D eigenvalue weighted by Gasteiger charge is -2.13. The van der Waals surface area contributed by atoms with Crippen LogP contribution in [-0.2, 0) is 19.9 Å². The van der Waals surface area contributed by atoms with E-state index in [9.17, 15) is 16.8 Å². The van der Waals surface area contributed by atoms with E-state index < -0.39 is 25.1 Å². The predicted octanol–water partition coefficient (Wildman–Crippen LogP) is 0.722. The van der Waals surface area contributed by atoms with Crippen LogP contribution < -0.4 is 4.72 Å². The molecule has 1 atom stereocenters. The van der Waals surface area contributed by atoms with Crippen LogP contribution in [0.15, 0.2) is 23.1 Å². The van der Waals surface area contributed by atoms with E-state index in [1.807, 2.05) is 6.07 Å². The van der Waals surface area contributed by atoms with Gasteiger partial charge in [0.15, 0.2) is 9.84 Å². The maximum atomic E-state index is 12.2. The highest BCUT2D eigenvalue weighted by Crippen LogP contribution is 2.21. The van der Waals surface area contributed by atoms with Crippen LogP contribution in [0, 0.1) is 18.3 Å². The minimum absolute atomic E-state index is 0.0666. The summed E-state index contributed by atoms with van der Waals surface area (Å²) >= 11 is 0. The number of nitrogens with one attached hydrogen (secondary N) is 1. The normalized spacial score (nSPS) is 21.0. The average Bonchev–Trinajstić information content (AvgIpc) is 2.75. The van der Waals surface area contributed by atoms with Crippen molar-refractivity contribution in [3.05, 3.63) is 29.3 Å². The van der Waals surface area contributed by atoms with Gasteiger partial charge in [-0.15, -0.1) is 0 Å². The molecule has 0 radical (unpaired) electrons. The monoisotopic (exact) mass is 328 g/mol. The van der Waals surface area contributed by atoms with E-state index in [0.29, 0.717) is 24.0 Å². The van der Waals surface area contributed by atoms with Crippen LogP contribution in [0.25, 0.3) is 0 Å². The quantitative estimate of drug-likeness (QED) is 0.877. The van der Waals surface area contributed by atoms with Crippen molar-refractivity contribution in [1.29, 1.82) is 5.26 Å². The summed E-state index contributed by atoms with van der Waals surface area (Å²) in [6.45, 7) is 1.49. The summed E-state index contributed by atoms with van der Waals surface area (Å²) in [7, 11) is -6.96. The number of rotatable bonds is 4. The summed E-state index contributed by atoms with van der Waals surface area (Å²) in [6.07, 6.45) is 1.06. The van der Waals surface area contributed by atoms with E-state index >= 15 is 0 Å². The second-order valence-corrected chi connectivity index (χ2v) is 9.21. The summed E-state index contributed by atoms with van der Waals surface area (Å²) in [6, 6.07) is 6.21. The van der Waals surface area contributed by atoms with E-state index in [0.717, 1.165) is 0 Å². The first-order valence-electron chi connectivity index (χ1n) is 6.48. The Hall–Kier alpha value is -1.43. The van der Waals surface area contributed by atoms with Gasteiger partial charge in [-0.3, -0.25) is 0 Å². The molecular formula is C13H16N2O4S2. The lowest BCUT2D eigenvalue weighted by Crippen LogP contribution is -2.34. The van der Waals surface area contributed by atoms with E-state index in [4.69, 9.17) is 5.26 Å². The Morgan fingerprint density at radius 2 is 2.14 bits per heavy atom. The van der Waals surface area contributed by atoms with Gasteiger partial charge in [0, 0.05) is 6.54 Å². The molecule has 1 fully saturated rings. The van der Waals surface area contributed by atoms with Gasteiger partial charge < -0.3 is 0 Å². The molecule has 1 heterocycles. The first-order valence-corrected chi connectivity index (χ1v) is 9.68. The van der Waals surface area contributed by atoms with Crippen LogP contribution in [-0.4, -0.2) is 34.4 Å². The number of hydrogen-bond donors (Lipinski definition) is 1. The number of nitrogens with zero attached hydrogens (tertiary/aromatic N) is 1. The standard InChI is InChI=1S/C13H16N2O4S2/c1-10-7-11(8-14)4-5-13(10)21(18,19)15-9-12-3-2-6-20(12,16)17/h4-5,7,12,15H,2-3,6,9H2,1H3. The first-order chi connectivity index (χ1) is 9.76. The van der Waals surface area contributed by atoms with Gasteiger partial charge in [-0.25, -0.2) is 21.6 Å².